The molecule has 1 aliphatic rings. The Morgan fingerprint density at radius 1 is 0.971 bits per heavy atom. The molecule has 4 rings (SSSR count). The molecule has 0 unspecified atom stereocenters. The number of hydrogen-bond acceptors (Lipinski definition) is 4. The monoisotopic (exact) mass is 470 g/mol. The molecular weight excluding hydrogens is 441 g/mol. The van der Waals surface area contributed by atoms with Crippen LogP contribution >= 0.6 is 0 Å². The summed E-state index contributed by atoms with van der Waals surface area (Å²) in [5.41, 5.74) is 1.27. The molecule has 0 saturated carbocycles. The van der Waals surface area contributed by atoms with Gasteiger partial charge in [-0.3, -0.25) is 4.79 Å². The van der Waals surface area contributed by atoms with Gasteiger partial charge in [-0.25, -0.2) is 4.98 Å². The van der Waals surface area contributed by atoms with Gasteiger partial charge in [0.05, 0.1) is 16.6 Å². The van der Waals surface area contributed by atoms with Gasteiger partial charge in [0.25, 0.3) is 5.91 Å². The Hall–Kier alpha value is -3.29. The maximum absolute atomic E-state index is 13.1. The number of benzene rings is 2. The Kier molecular flexibility index (Phi) is 7.24. The van der Waals surface area contributed by atoms with Crippen LogP contribution in [-0.4, -0.2) is 43.6 Å². The molecule has 8 heteroatoms. The number of amides is 1. The highest BCUT2D eigenvalue weighted by atomic mass is 19.4. The molecule has 1 amide bonds. The van der Waals surface area contributed by atoms with Crippen molar-refractivity contribution < 1.29 is 18.0 Å². The summed E-state index contributed by atoms with van der Waals surface area (Å²) in [4.78, 5) is 21.8. The van der Waals surface area contributed by atoms with E-state index in [9.17, 15) is 18.0 Å². The van der Waals surface area contributed by atoms with Gasteiger partial charge in [0.1, 0.15) is 5.82 Å². The number of alkyl halides is 3. The van der Waals surface area contributed by atoms with E-state index < -0.39 is 11.7 Å². The predicted octanol–water partition coefficient (Wildman–Crippen LogP) is 5.50. The Bertz CT molecular complexity index is 1140. The van der Waals surface area contributed by atoms with Crippen LogP contribution < -0.4 is 15.1 Å². The lowest BCUT2D eigenvalue weighted by molar-refractivity contribution is -0.137. The van der Waals surface area contributed by atoms with Crippen LogP contribution in [-0.2, 0) is 6.18 Å². The quantitative estimate of drug-likeness (QED) is 0.463. The number of halogens is 3. The van der Waals surface area contributed by atoms with Crippen molar-refractivity contribution in [3.05, 3.63) is 65.7 Å². The fourth-order valence-electron chi connectivity index (χ4n) is 4.26. The lowest BCUT2D eigenvalue weighted by Crippen LogP contribution is -2.47. The number of carbonyl (C=O) groups is 1. The molecule has 5 nitrogen and oxygen atoms in total. The highest BCUT2D eigenvalue weighted by Gasteiger charge is 2.31. The van der Waals surface area contributed by atoms with Crippen molar-refractivity contribution in [3.63, 3.8) is 0 Å². The number of nitrogens with one attached hydrogen (secondary N) is 1. The van der Waals surface area contributed by atoms with Crippen LogP contribution in [0.4, 0.5) is 24.7 Å². The lowest BCUT2D eigenvalue weighted by Gasteiger charge is -2.37. The first kappa shape index (κ1) is 23.9. The second-order valence-electron chi connectivity index (χ2n) is 8.53. The van der Waals surface area contributed by atoms with Crippen molar-refractivity contribution in [1.29, 1.82) is 0 Å². The summed E-state index contributed by atoms with van der Waals surface area (Å²) in [7, 11) is 0. The summed E-state index contributed by atoms with van der Waals surface area (Å²) < 4.78 is 39.3. The van der Waals surface area contributed by atoms with E-state index in [0.29, 0.717) is 49.8 Å². The minimum Gasteiger partial charge on any atom is -0.368 e. The minimum atomic E-state index is -4.36. The normalized spacial score (nSPS) is 14.5. The number of nitrogens with zero attached hydrogens (tertiary/aromatic N) is 3. The van der Waals surface area contributed by atoms with Crippen LogP contribution in [0, 0.1) is 0 Å². The van der Waals surface area contributed by atoms with Gasteiger partial charge >= 0.3 is 6.18 Å². The topological polar surface area (TPSA) is 48.5 Å². The van der Waals surface area contributed by atoms with Crippen LogP contribution in [0.15, 0.2) is 54.6 Å². The fourth-order valence-corrected chi connectivity index (χ4v) is 4.26. The van der Waals surface area contributed by atoms with Gasteiger partial charge < -0.3 is 15.1 Å². The van der Waals surface area contributed by atoms with E-state index in [4.69, 9.17) is 4.98 Å². The van der Waals surface area contributed by atoms with E-state index in [1.165, 1.54) is 12.1 Å². The number of anilines is 2. The molecule has 0 spiro atoms. The number of piperazine rings is 1. The number of para-hydroxylation sites is 1. The number of hydrogen-bond donors (Lipinski definition) is 1. The molecule has 1 saturated heterocycles. The third kappa shape index (κ3) is 5.43. The molecule has 34 heavy (non-hydrogen) atoms. The molecule has 1 fully saturated rings. The second-order valence-corrected chi connectivity index (χ2v) is 8.53. The van der Waals surface area contributed by atoms with Crippen LogP contribution in [0.2, 0.25) is 0 Å². The van der Waals surface area contributed by atoms with E-state index in [1.54, 1.807) is 6.07 Å². The molecule has 2 heterocycles. The third-order valence-electron chi connectivity index (χ3n) is 6.16. The molecule has 1 N–H and O–H groups in total. The van der Waals surface area contributed by atoms with Crippen molar-refractivity contribution in [1.82, 2.24) is 10.3 Å². The number of pyridine rings is 1. The first-order valence-electron chi connectivity index (χ1n) is 11.7. The van der Waals surface area contributed by atoms with Crippen LogP contribution in [0.5, 0.6) is 0 Å². The van der Waals surface area contributed by atoms with E-state index in [-0.39, 0.29) is 5.91 Å². The number of fused-ring (bicyclic) bond motifs is 1. The van der Waals surface area contributed by atoms with Crippen molar-refractivity contribution in [2.24, 2.45) is 0 Å². The zero-order valence-corrected chi connectivity index (χ0v) is 19.2. The summed E-state index contributed by atoms with van der Waals surface area (Å²) in [6.45, 7) is 5.08. The summed E-state index contributed by atoms with van der Waals surface area (Å²) >= 11 is 0. The van der Waals surface area contributed by atoms with Crippen LogP contribution in [0.1, 0.15) is 42.1 Å². The van der Waals surface area contributed by atoms with Gasteiger partial charge in [0.2, 0.25) is 0 Å². The molecule has 0 bridgehead atoms. The highest BCUT2D eigenvalue weighted by Crippen LogP contribution is 2.32. The Morgan fingerprint density at radius 2 is 1.71 bits per heavy atom. The van der Waals surface area contributed by atoms with Gasteiger partial charge in [-0.1, -0.05) is 44.0 Å². The zero-order chi connectivity index (χ0) is 24.1. The summed E-state index contributed by atoms with van der Waals surface area (Å²) in [6, 6.07) is 14.9. The molecule has 0 atom stereocenters. The first-order chi connectivity index (χ1) is 16.4. The number of rotatable bonds is 7. The van der Waals surface area contributed by atoms with Gasteiger partial charge in [-0.2, -0.15) is 13.2 Å². The zero-order valence-electron chi connectivity index (χ0n) is 19.2. The predicted molar refractivity (Wildman–Crippen MR) is 129 cm³/mol. The third-order valence-corrected chi connectivity index (χ3v) is 6.16. The highest BCUT2D eigenvalue weighted by molar-refractivity contribution is 6.07. The van der Waals surface area contributed by atoms with E-state index in [2.05, 4.69) is 17.1 Å². The molecule has 0 radical (unpaired) electrons. The molecule has 2 aromatic carbocycles. The average molecular weight is 471 g/mol. The Morgan fingerprint density at radius 3 is 2.44 bits per heavy atom. The Balaban J connectivity index is 1.51. The second kappa shape index (κ2) is 10.3. The molecule has 1 aliphatic heterocycles. The number of carbonyl (C=O) groups excluding carboxylic acids is 1. The molecule has 180 valence electrons. The van der Waals surface area contributed by atoms with Crippen molar-refractivity contribution in [3.8, 4) is 0 Å². The van der Waals surface area contributed by atoms with Crippen LogP contribution in [0.25, 0.3) is 10.9 Å². The van der Waals surface area contributed by atoms with E-state index >= 15 is 0 Å². The average Bonchev–Trinajstić information content (AvgIpc) is 2.85. The minimum absolute atomic E-state index is 0.112. The molecular formula is C26H29F3N4O. The summed E-state index contributed by atoms with van der Waals surface area (Å²) in [5, 5.41) is 3.82. The summed E-state index contributed by atoms with van der Waals surface area (Å²) in [6.07, 6.45) is -1.26. The van der Waals surface area contributed by atoms with Gasteiger partial charge in [-0.05, 0) is 36.8 Å². The SMILES string of the molecule is CCCCCNC(=O)c1cc(N2CCN(c3cccc(C(F)(F)F)c3)CC2)nc2ccccc12. The maximum atomic E-state index is 13.1. The standard InChI is InChI=1S/C26H29F3N4O/c1-2-3-6-12-30-25(34)22-18-24(31-23-11-5-4-10-21(22)23)33-15-13-32(14-16-33)20-9-7-8-19(17-20)26(27,28)29/h4-5,7-11,17-18H,2-3,6,12-16H2,1H3,(H,30,34). The fraction of sp³-hybridized carbons (Fsp3) is 0.385. The Labute approximate surface area is 197 Å². The van der Waals surface area contributed by atoms with Crippen molar-refractivity contribution in [2.75, 3.05) is 42.5 Å². The van der Waals surface area contributed by atoms with Gasteiger partial charge in [-0.15, -0.1) is 0 Å². The van der Waals surface area contributed by atoms with Gasteiger partial charge in [0.15, 0.2) is 0 Å². The van der Waals surface area contributed by atoms with Gasteiger partial charge in [0, 0.05) is 43.8 Å². The largest absolute Gasteiger partial charge is 0.416 e. The van der Waals surface area contributed by atoms with E-state index in [0.717, 1.165) is 36.2 Å². The first-order valence-corrected chi connectivity index (χ1v) is 11.7. The van der Waals surface area contributed by atoms with Crippen molar-refractivity contribution in [2.45, 2.75) is 32.4 Å². The number of unbranched alkanes of at least 4 members (excludes halogenated alkanes) is 2. The number of aromatic nitrogens is 1. The lowest BCUT2D eigenvalue weighted by atomic mass is 10.1. The van der Waals surface area contributed by atoms with Crippen LogP contribution in [0.3, 0.4) is 0 Å². The van der Waals surface area contributed by atoms with E-state index in [1.807, 2.05) is 35.2 Å². The van der Waals surface area contributed by atoms with Crippen molar-refractivity contribution >= 4 is 28.3 Å². The smallest absolute Gasteiger partial charge is 0.368 e. The summed E-state index contributed by atoms with van der Waals surface area (Å²) in [5.74, 6) is 0.597. The maximum Gasteiger partial charge on any atom is 0.416 e. The molecule has 0 aliphatic carbocycles. The molecule has 1 aromatic heterocycles. The molecule has 3 aromatic rings.